The van der Waals surface area contributed by atoms with Gasteiger partial charge in [0.15, 0.2) is 0 Å². The average Bonchev–Trinajstić information content (AvgIpc) is 2.28. The molecule has 0 aliphatic heterocycles. The number of rotatable bonds is 3. The Kier molecular flexibility index (Phi) is 4.09. The van der Waals surface area contributed by atoms with Gasteiger partial charge in [-0.2, -0.15) is 0 Å². The Bertz CT molecular complexity index is 432. The predicted octanol–water partition coefficient (Wildman–Crippen LogP) is 1.61. The molecule has 0 heterocycles. The Labute approximate surface area is 100 Å². The van der Waals surface area contributed by atoms with Crippen LogP contribution < -0.4 is 10.2 Å². The molecule has 5 heteroatoms. The molecule has 1 atom stereocenters. The van der Waals surface area contributed by atoms with E-state index in [1.165, 1.54) is 11.8 Å². The zero-order valence-corrected chi connectivity index (χ0v) is 10.1. The Balaban J connectivity index is 2.77. The molecule has 0 spiro atoms. The summed E-state index contributed by atoms with van der Waals surface area (Å²) in [6.07, 6.45) is 0. The summed E-state index contributed by atoms with van der Waals surface area (Å²) in [5.74, 6) is -1.06. The van der Waals surface area contributed by atoms with Gasteiger partial charge in [0.25, 0.3) is 0 Å². The van der Waals surface area contributed by atoms with Crippen LogP contribution in [-0.4, -0.2) is 30.2 Å². The molecule has 92 valence electrons. The summed E-state index contributed by atoms with van der Waals surface area (Å²) in [5, 5.41) is 11.1. The molecule has 0 bridgehead atoms. The van der Waals surface area contributed by atoms with Crippen LogP contribution in [0.4, 0.5) is 10.5 Å². The number of amides is 2. The van der Waals surface area contributed by atoms with E-state index < -0.39 is 18.0 Å². The number of aryl methyl sites for hydroxylation is 1. The fraction of sp³-hybridized carbons (Fsp3) is 0.333. The minimum absolute atomic E-state index is 0.436. The molecule has 0 radical (unpaired) electrons. The molecule has 1 aromatic carbocycles. The lowest BCUT2D eigenvalue weighted by atomic mass is 10.2. The van der Waals surface area contributed by atoms with E-state index in [9.17, 15) is 9.59 Å². The summed E-state index contributed by atoms with van der Waals surface area (Å²) in [6.45, 7) is 3.31. The van der Waals surface area contributed by atoms with E-state index in [1.807, 2.05) is 25.1 Å². The summed E-state index contributed by atoms with van der Waals surface area (Å²) < 4.78 is 0. The molecule has 0 aliphatic rings. The molecule has 1 rings (SSSR count). The maximum absolute atomic E-state index is 11.8. The van der Waals surface area contributed by atoms with E-state index in [4.69, 9.17) is 5.11 Å². The topological polar surface area (TPSA) is 69.6 Å². The number of hydrogen-bond donors (Lipinski definition) is 2. The number of carboxylic acids is 1. The molecule has 0 fully saturated rings. The van der Waals surface area contributed by atoms with E-state index in [0.717, 1.165) is 11.3 Å². The van der Waals surface area contributed by atoms with Crippen molar-refractivity contribution in [1.82, 2.24) is 5.32 Å². The molecule has 0 saturated heterocycles. The van der Waals surface area contributed by atoms with Gasteiger partial charge in [-0.3, -0.25) is 9.69 Å². The van der Waals surface area contributed by atoms with Gasteiger partial charge in [0.2, 0.25) is 0 Å². The lowest BCUT2D eigenvalue weighted by Crippen LogP contribution is -2.45. The number of carbonyl (C=O) groups excluding carboxylic acids is 1. The van der Waals surface area contributed by atoms with Crippen molar-refractivity contribution in [3.05, 3.63) is 29.8 Å². The second-order valence-electron chi connectivity index (χ2n) is 3.85. The largest absolute Gasteiger partial charge is 0.480 e. The van der Waals surface area contributed by atoms with Crippen molar-refractivity contribution in [3.63, 3.8) is 0 Å². The Morgan fingerprint density at radius 2 is 1.94 bits per heavy atom. The molecular formula is C12H16N2O3. The minimum atomic E-state index is -1.06. The molecule has 1 aromatic rings. The van der Waals surface area contributed by atoms with Crippen LogP contribution in [0.25, 0.3) is 0 Å². The quantitative estimate of drug-likeness (QED) is 0.837. The minimum Gasteiger partial charge on any atom is -0.480 e. The summed E-state index contributed by atoms with van der Waals surface area (Å²) in [6, 6.07) is 6.06. The molecule has 17 heavy (non-hydrogen) atoms. The molecular weight excluding hydrogens is 220 g/mol. The van der Waals surface area contributed by atoms with Gasteiger partial charge in [-0.25, -0.2) is 4.79 Å². The number of carbonyl (C=O) groups is 2. The molecule has 0 saturated carbocycles. The summed E-state index contributed by atoms with van der Waals surface area (Å²) >= 11 is 0. The van der Waals surface area contributed by atoms with Crippen molar-refractivity contribution in [2.45, 2.75) is 19.9 Å². The van der Waals surface area contributed by atoms with Crippen LogP contribution in [0, 0.1) is 6.92 Å². The zero-order valence-electron chi connectivity index (χ0n) is 10.1. The zero-order chi connectivity index (χ0) is 13.0. The summed E-state index contributed by atoms with van der Waals surface area (Å²) in [4.78, 5) is 23.8. The molecule has 0 unspecified atom stereocenters. The monoisotopic (exact) mass is 236 g/mol. The van der Waals surface area contributed by atoms with Crippen molar-refractivity contribution in [3.8, 4) is 0 Å². The number of urea groups is 1. The number of aliphatic carboxylic acids is 1. The first-order chi connectivity index (χ1) is 7.93. The third kappa shape index (κ3) is 3.21. The van der Waals surface area contributed by atoms with Crippen LogP contribution in [0.2, 0.25) is 0 Å². The molecule has 5 nitrogen and oxygen atoms in total. The average molecular weight is 236 g/mol. The van der Waals surface area contributed by atoms with Crippen molar-refractivity contribution in [1.29, 1.82) is 0 Å². The first-order valence-corrected chi connectivity index (χ1v) is 5.26. The highest BCUT2D eigenvalue weighted by Crippen LogP contribution is 2.17. The van der Waals surface area contributed by atoms with E-state index in [2.05, 4.69) is 5.32 Å². The van der Waals surface area contributed by atoms with Crippen LogP contribution in [0.15, 0.2) is 24.3 Å². The van der Waals surface area contributed by atoms with Crippen LogP contribution in [0.5, 0.6) is 0 Å². The van der Waals surface area contributed by atoms with Gasteiger partial charge in [-0.05, 0) is 25.5 Å². The van der Waals surface area contributed by atoms with Crippen molar-refractivity contribution in [2.24, 2.45) is 0 Å². The van der Waals surface area contributed by atoms with E-state index in [0.29, 0.717) is 0 Å². The molecule has 2 amide bonds. The standard InChI is InChI=1S/C12H16N2O3/c1-8-6-4-5-7-10(8)14(3)12(17)13-9(2)11(15)16/h4-7,9H,1-3H3,(H,13,17)(H,15,16)/t9-/m0/s1. The van der Waals surface area contributed by atoms with Gasteiger partial charge >= 0.3 is 12.0 Å². The van der Waals surface area contributed by atoms with Crippen molar-refractivity contribution < 1.29 is 14.7 Å². The number of hydrogen-bond acceptors (Lipinski definition) is 2. The van der Waals surface area contributed by atoms with Crippen molar-refractivity contribution in [2.75, 3.05) is 11.9 Å². The first-order valence-electron chi connectivity index (χ1n) is 5.26. The lowest BCUT2D eigenvalue weighted by Gasteiger charge is -2.21. The number of anilines is 1. The number of para-hydroxylation sites is 1. The molecule has 0 aromatic heterocycles. The fourth-order valence-electron chi connectivity index (χ4n) is 1.39. The third-order valence-corrected chi connectivity index (χ3v) is 2.49. The number of nitrogens with zero attached hydrogens (tertiary/aromatic N) is 1. The van der Waals surface area contributed by atoms with E-state index in [1.54, 1.807) is 13.1 Å². The third-order valence-electron chi connectivity index (χ3n) is 2.49. The fourth-order valence-corrected chi connectivity index (χ4v) is 1.39. The highest BCUT2D eigenvalue weighted by Gasteiger charge is 2.18. The molecule has 0 aliphatic carbocycles. The normalized spacial score (nSPS) is 11.7. The summed E-state index contributed by atoms with van der Waals surface area (Å²) in [5.41, 5.74) is 1.70. The number of benzene rings is 1. The highest BCUT2D eigenvalue weighted by atomic mass is 16.4. The highest BCUT2D eigenvalue weighted by molar-refractivity contribution is 5.94. The summed E-state index contributed by atoms with van der Waals surface area (Å²) in [7, 11) is 1.60. The van der Waals surface area contributed by atoms with Gasteiger partial charge in [0.05, 0.1) is 0 Å². The van der Waals surface area contributed by atoms with Crippen LogP contribution >= 0.6 is 0 Å². The van der Waals surface area contributed by atoms with E-state index in [-0.39, 0.29) is 0 Å². The van der Waals surface area contributed by atoms with Gasteiger partial charge < -0.3 is 10.4 Å². The predicted molar refractivity (Wildman–Crippen MR) is 65.2 cm³/mol. The Morgan fingerprint density at radius 1 is 1.35 bits per heavy atom. The van der Waals surface area contributed by atoms with Gasteiger partial charge in [0, 0.05) is 12.7 Å². The van der Waals surface area contributed by atoms with Crippen LogP contribution in [0.1, 0.15) is 12.5 Å². The second kappa shape index (κ2) is 5.34. The number of nitrogens with one attached hydrogen (secondary N) is 1. The maximum Gasteiger partial charge on any atom is 0.325 e. The lowest BCUT2D eigenvalue weighted by molar-refractivity contribution is -0.138. The SMILES string of the molecule is Cc1ccccc1N(C)C(=O)N[C@@H](C)C(=O)O. The van der Waals surface area contributed by atoms with Crippen LogP contribution in [0.3, 0.4) is 0 Å². The smallest absolute Gasteiger partial charge is 0.325 e. The van der Waals surface area contributed by atoms with Crippen LogP contribution in [-0.2, 0) is 4.79 Å². The van der Waals surface area contributed by atoms with E-state index >= 15 is 0 Å². The van der Waals surface area contributed by atoms with Crippen molar-refractivity contribution >= 4 is 17.7 Å². The van der Waals surface area contributed by atoms with Gasteiger partial charge in [0.1, 0.15) is 6.04 Å². The Hall–Kier alpha value is -2.04. The second-order valence-corrected chi connectivity index (χ2v) is 3.85. The Morgan fingerprint density at radius 3 is 2.47 bits per heavy atom. The number of carboxylic acid groups (broad SMARTS) is 1. The molecule has 2 N–H and O–H groups in total. The maximum atomic E-state index is 11.8. The van der Waals surface area contributed by atoms with Gasteiger partial charge in [-0.1, -0.05) is 18.2 Å². The van der Waals surface area contributed by atoms with Gasteiger partial charge in [-0.15, -0.1) is 0 Å². The first kappa shape index (κ1) is 13.0.